The molecule has 150 valence electrons. The molecule has 0 radical (unpaired) electrons. The molecule has 0 unspecified atom stereocenters. The van der Waals surface area contributed by atoms with Crippen molar-refractivity contribution in [2.24, 2.45) is 10.4 Å². The van der Waals surface area contributed by atoms with E-state index in [-0.39, 0.29) is 5.41 Å². The highest BCUT2D eigenvalue weighted by Crippen LogP contribution is 2.46. The molecule has 3 aromatic rings. The number of aryl methyl sites for hydroxylation is 3. The normalized spacial score (nSPS) is 17.8. The molecular formula is C28H23N3. The number of hydrogen-bond acceptors (Lipinski definition) is 2. The van der Waals surface area contributed by atoms with Gasteiger partial charge in [0.2, 0.25) is 6.19 Å². The summed E-state index contributed by atoms with van der Waals surface area (Å²) in [6, 6.07) is 23.0. The Bertz CT molecular complexity index is 1240. The van der Waals surface area contributed by atoms with Crippen molar-refractivity contribution in [3.8, 4) is 17.3 Å². The third kappa shape index (κ3) is 3.43. The topological polar surface area (TPSA) is 40.5 Å². The van der Waals surface area contributed by atoms with Crippen LogP contribution in [0.25, 0.3) is 16.0 Å². The zero-order valence-corrected chi connectivity index (χ0v) is 17.4. The fourth-order valence-electron chi connectivity index (χ4n) is 5.36. The van der Waals surface area contributed by atoms with E-state index in [1.165, 1.54) is 16.7 Å². The Morgan fingerprint density at radius 1 is 0.806 bits per heavy atom. The van der Waals surface area contributed by atoms with E-state index in [1.54, 1.807) is 0 Å². The highest BCUT2D eigenvalue weighted by Gasteiger charge is 2.41. The summed E-state index contributed by atoms with van der Waals surface area (Å²) in [5.74, 6) is 0. The van der Waals surface area contributed by atoms with Crippen LogP contribution in [0.2, 0.25) is 0 Å². The molecule has 0 amide bonds. The summed E-state index contributed by atoms with van der Waals surface area (Å²) in [5.41, 5.74) is 8.91. The van der Waals surface area contributed by atoms with Gasteiger partial charge >= 0.3 is 0 Å². The molecule has 0 saturated carbocycles. The van der Waals surface area contributed by atoms with Gasteiger partial charge in [-0.1, -0.05) is 54.6 Å². The molecule has 0 aromatic heterocycles. The molecule has 0 atom stereocenters. The Labute approximate surface area is 183 Å². The molecule has 31 heavy (non-hydrogen) atoms. The van der Waals surface area contributed by atoms with Crippen LogP contribution >= 0.6 is 0 Å². The minimum Gasteiger partial charge on any atom is -0.238 e. The second-order valence-corrected chi connectivity index (χ2v) is 8.64. The predicted molar refractivity (Wildman–Crippen MR) is 124 cm³/mol. The molecule has 0 fully saturated rings. The van der Waals surface area contributed by atoms with Crippen LogP contribution in [-0.4, -0.2) is 5.71 Å². The smallest absolute Gasteiger partial charge is 0.205 e. The lowest BCUT2D eigenvalue weighted by molar-refractivity contribution is 0.331. The van der Waals surface area contributed by atoms with Crippen molar-refractivity contribution in [1.82, 2.24) is 0 Å². The number of nitrogens with zero attached hydrogens (tertiary/aromatic N) is 3. The minimum atomic E-state index is -0.0568. The quantitative estimate of drug-likeness (QED) is 0.331. The number of hydrogen-bond donors (Lipinski definition) is 0. The fraction of sp³-hybridized carbons (Fsp3) is 0.250. The van der Waals surface area contributed by atoms with Gasteiger partial charge < -0.3 is 0 Å². The predicted octanol–water partition coefficient (Wildman–Crippen LogP) is 6.69. The first-order valence-corrected chi connectivity index (χ1v) is 10.9. The van der Waals surface area contributed by atoms with Crippen molar-refractivity contribution >= 4 is 11.4 Å². The van der Waals surface area contributed by atoms with Gasteiger partial charge in [-0.3, -0.25) is 0 Å². The summed E-state index contributed by atoms with van der Waals surface area (Å²) in [6.45, 7) is 7.32. The van der Waals surface area contributed by atoms with E-state index in [9.17, 15) is 5.26 Å². The van der Waals surface area contributed by atoms with Gasteiger partial charge in [-0.05, 0) is 78.5 Å². The number of aliphatic imine (C=N–C) groups is 1. The van der Waals surface area contributed by atoms with E-state index in [4.69, 9.17) is 6.57 Å². The van der Waals surface area contributed by atoms with E-state index >= 15 is 0 Å². The summed E-state index contributed by atoms with van der Waals surface area (Å²) < 4.78 is 0. The molecule has 0 N–H and O–H groups in total. The largest absolute Gasteiger partial charge is 0.238 e. The van der Waals surface area contributed by atoms with Gasteiger partial charge in [0.15, 0.2) is 5.69 Å². The van der Waals surface area contributed by atoms with Crippen molar-refractivity contribution < 1.29 is 0 Å². The second kappa shape index (κ2) is 7.86. The molecule has 0 aliphatic heterocycles. The maximum atomic E-state index is 9.59. The highest BCUT2D eigenvalue weighted by atomic mass is 14.8. The van der Waals surface area contributed by atoms with Gasteiger partial charge in [0.05, 0.1) is 12.3 Å². The first kappa shape index (κ1) is 19.3. The standard InChI is InChI=1S/C28H23N3/c1-30-25-8-4-7-23(17-25)24-10-9-22-13-16-28(27(31-19-29)26(22)18-24)14-11-20-5-2-3-6-21(20)12-15-28/h2-10,17-18H,11-16H2/b31-27-. The number of nitriles is 1. The SMILES string of the molecule is [C-]#[N+]c1cccc(-c2ccc3c(c2)/C(=N/C#N)C2(CCc4ccccc4CC2)CC3)c1. The zero-order valence-electron chi connectivity index (χ0n) is 17.4. The molecule has 0 bridgehead atoms. The molecule has 5 rings (SSSR count). The van der Waals surface area contributed by atoms with Crippen LogP contribution in [0.15, 0.2) is 71.7 Å². The average Bonchev–Trinajstić information content (AvgIpc) is 3.01. The maximum absolute atomic E-state index is 9.59. The molecule has 2 aliphatic rings. The van der Waals surface area contributed by atoms with Crippen molar-refractivity contribution in [3.63, 3.8) is 0 Å². The molecule has 3 nitrogen and oxygen atoms in total. The molecule has 3 heteroatoms. The minimum absolute atomic E-state index is 0.0568. The van der Waals surface area contributed by atoms with Crippen LogP contribution in [-0.2, 0) is 19.3 Å². The average molecular weight is 402 g/mol. The fourth-order valence-corrected chi connectivity index (χ4v) is 5.36. The number of rotatable bonds is 1. The maximum Gasteiger partial charge on any atom is 0.205 e. The van der Waals surface area contributed by atoms with Gasteiger partial charge in [-0.15, -0.1) is 0 Å². The van der Waals surface area contributed by atoms with Gasteiger partial charge in [-0.25, -0.2) is 4.85 Å². The molecule has 0 saturated heterocycles. The van der Waals surface area contributed by atoms with Gasteiger partial charge in [-0.2, -0.15) is 10.3 Å². The van der Waals surface area contributed by atoms with E-state index in [0.29, 0.717) is 5.69 Å². The van der Waals surface area contributed by atoms with E-state index in [1.807, 2.05) is 24.3 Å². The highest BCUT2D eigenvalue weighted by molar-refractivity contribution is 6.08. The van der Waals surface area contributed by atoms with Crippen molar-refractivity contribution in [2.75, 3.05) is 0 Å². The molecule has 1 spiro atoms. The first-order valence-electron chi connectivity index (χ1n) is 10.9. The van der Waals surface area contributed by atoms with Crippen LogP contribution in [0.5, 0.6) is 0 Å². The van der Waals surface area contributed by atoms with E-state index < -0.39 is 0 Å². The Balaban J connectivity index is 1.58. The third-order valence-corrected chi connectivity index (χ3v) is 7.07. The number of fused-ring (bicyclic) bond motifs is 2. The Morgan fingerprint density at radius 3 is 2.16 bits per heavy atom. The Hall–Kier alpha value is -3.69. The van der Waals surface area contributed by atoms with Crippen molar-refractivity contribution in [3.05, 3.63) is 100 Å². The van der Waals surface area contributed by atoms with Crippen LogP contribution < -0.4 is 0 Å². The lowest BCUT2D eigenvalue weighted by atomic mass is 9.65. The van der Waals surface area contributed by atoms with Crippen molar-refractivity contribution in [2.45, 2.75) is 38.5 Å². The summed E-state index contributed by atoms with van der Waals surface area (Å²) in [4.78, 5) is 8.02. The summed E-state index contributed by atoms with van der Waals surface area (Å²) in [7, 11) is 0. The third-order valence-electron chi connectivity index (χ3n) is 7.07. The van der Waals surface area contributed by atoms with Gasteiger partial charge in [0, 0.05) is 11.0 Å². The Morgan fingerprint density at radius 2 is 1.48 bits per heavy atom. The van der Waals surface area contributed by atoms with Gasteiger partial charge in [0.25, 0.3) is 0 Å². The molecular weight excluding hydrogens is 378 g/mol. The summed E-state index contributed by atoms with van der Waals surface area (Å²) in [6.07, 6.45) is 8.29. The molecule has 3 aromatic carbocycles. The summed E-state index contributed by atoms with van der Waals surface area (Å²) >= 11 is 0. The van der Waals surface area contributed by atoms with E-state index in [2.05, 4.69) is 58.5 Å². The Kier molecular flexibility index (Phi) is 4.89. The second-order valence-electron chi connectivity index (χ2n) is 8.64. The monoisotopic (exact) mass is 401 g/mol. The molecule has 2 aliphatic carbocycles. The lowest BCUT2D eigenvalue weighted by Crippen LogP contribution is -2.37. The van der Waals surface area contributed by atoms with E-state index in [0.717, 1.165) is 60.9 Å². The van der Waals surface area contributed by atoms with Crippen LogP contribution in [0.3, 0.4) is 0 Å². The zero-order chi connectivity index (χ0) is 21.3. The molecule has 0 heterocycles. The van der Waals surface area contributed by atoms with Gasteiger partial charge in [0.1, 0.15) is 0 Å². The lowest BCUT2D eigenvalue weighted by Gasteiger charge is -2.39. The number of benzene rings is 3. The van der Waals surface area contributed by atoms with Crippen LogP contribution in [0.4, 0.5) is 5.69 Å². The first-order chi connectivity index (χ1) is 15.2. The van der Waals surface area contributed by atoms with Crippen molar-refractivity contribution in [1.29, 1.82) is 5.26 Å². The summed E-state index contributed by atoms with van der Waals surface area (Å²) in [5, 5.41) is 9.59. The van der Waals surface area contributed by atoms with Crippen LogP contribution in [0.1, 0.15) is 41.5 Å². The van der Waals surface area contributed by atoms with Crippen LogP contribution in [0, 0.1) is 23.4 Å².